The van der Waals surface area contributed by atoms with Crippen LogP contribution in [0.5, 0.6) is 0 Å². The molecule has 1 saturated heterocycles. The number of carbonyl (C=O) groups is 2. The summed E-state index contributed by atoms with van der Waals surface area (Å²) >= 11 is 0. The zero-order valence-corrected chi connectivity index (χ0v) is 14.6. The average Bonchev–Trinajstić information content (AvgIpc) is 2.59. The van der Waals surface area contributed by atoms with Crippen molar-refractivity contribution in [3.8, 4) is 0 Å². The maximum atomic E-state index is 13.3. The Morgan fingerprint density at radius 1 is 1.25 bits per heavy atom. The molecule has 2 aliphatic rings. The van der Waals surface area contributed by atoms with Crippen molar-refractivity contribution in [3.05, 3.63) is 0 Å². The molecule has 138 valence electrons. The van der Waals surface area contributed by atoms with E-state index in [9.17, 15) is 18.4 Å². The molecule has 1 aliphatic heterocycles. The molecule has 0 bridgehead atoms. The van der Waals surface area contributed by atoms with Crippen molar-refractivity contribution in [3.63, 3.8) is 0 Å². The highest BCUT2D eigenvalue weighted by Gasteiger charge is 2.42. The molecule has 2 amide bonds. The molecule has 2 rings (SSSR count). The molecule has 2 fully saturated rings. The highest BCUT2D eigenvalue weighted by molar-refractivity contribution is 5.79. The summed E-state index contributed by atoms with van der Waals surface area (Å²) in [5.74, 6) is -3.02. The van der Waals surface area contributed by atoms with Crippen molar-refractivity contribution >= 4 is 11.8 Å². The third-order valence-electron chi connectivity index (χ3n) is 5.44. The van der Waals surface area contributed by atoms with Crippen molar-refractivity contribution < 1.29 is 23.1 Å². The van der Waals surface area contributed by atoms with Crippen LogP contribution < -0.4 is 5.32 Å². The van der Waals surface area contributed by atoms with E-state index < -0.39 is 11.5 Å². The molecule has 1 heterocycles. The van der Waals surface area contributed by atoms with Gasteiger partial charge in [-0.3, -0.25) is 9.59 Å². The summed E-state index contributed by atoms with van der Waals surface area (Å²) in [5, 5.41) is 2.59. The van der Waals surface area contributed by atoms with E-state index in [0.717, 1.165) is 12.8 Å². The Kier molecular flexibility index (Phi) is 6.17. The topological polar surface area (TPSA) is 58.6 Å². The Morgan fingerprint density at radius 2 is 1.92 bits per heavy atom. The fraction of sp³-hybridized carbons (Fsp3) is 0.882. The quantitative estimate of drug-likeness (QED) is 0.831. The summed E-state index contributed by atoms with van der Waals surface area (Å²) in [7, 11) is 3.20. The lowest BCUT2D eigenvalue weighted by Gasteiger charge is -2.43. The van der Waals surface area contributed by atoms with E-state index in [1.807, 2.05) is 0 Å². The largest absolute Gasteiger partial charge is 0.376 e. The van der Waals surface area contributed by atoms with Gasteiger partial charge in [-0.1, -0.05) is 0 Å². The van der Waals surface area contributed by atoms with Crippen LogP contribution in [0, 0.1) is 5.92 Å². The smallest absolute Gasteiger partial charge is 0.248 e. The molecule has 0 spiro atoms. The van der Waals surface area contributed by atoms with Crippen LogP contribution in [0.1, 0.15) is 51.4 Å². The summed E-state index contributed by atoms with van der Waals surface area (Å²) in [5.41, 5.74) is -0.515. The molecule has 24 heavy (non-hydrogen) atoms. The zero-order valence-electron chi connectivity index (χ0n) is 14.6. The van der Waals surface area contributed by atoms with Crippen LogP contribution in [0.4, 0.5) is 8.78 Å². The van der Waals surface area contributed by atoms with E-state index in [1.165, 1.54) is 0 Å². The minimum atomic E-state index is -2.62. The standard InChI is InChI=1S/C17H28F2N2O3/c1-20-14(22)6-8-16(24-2)7-3-11-21(12-16)15(23)13-4-9-17(18,19)10-5-13/h13H,3-12H2,1-2H3,(H,20,22)/t16-/m0/s1. The number of nitrogens with zero attached hydrogens (tertiary/aromatic N) is 1. The summed E-state index contributed by atoms with van der Waals surface area (Å²) in [6.45, 7) is 1.07. The Labute approximate surface area is 142 Å². The molecule has 0 aromatic rings. The first-order valence-corrected chi connectivity index (χ1v) is 8.73. The monoisotopic (exact) mass is 346 g/mol. The number of likely N-dealkylation sites (tertiary alicyclic amines) is 1. The predicted octanol–water partition coefficient (Wildman–Crippen LogP) is 2.35. The molecule has 0 radical (unpaired) electrons. The number of methoxy groups -OCH3 is 1. The lowest BCUT2D eigenvalue weighted by molar-refractivity contribution is -0.149. The number of hydrogen-bond donors (Lipinski definition) is 1. The van der Waals surface area contributed by atoms with E-state index in [0.29, 0.717) is 25.9 Å². The Balaban J connectivity index is 1.95. The van der Waals surface area contributed by atoms with Crippen molar-refractivity contribution in [2.24, 2.45) is 5.92 Å². The van der Waals surface area contributed by atoms with Crippen LogP contribution in [0.3, 0.4) is 0 Å². The molecule has 1 N–H and O–H groups in total. The van der Waals surface area contributed by atoms with Gasteiger partial charge in [-0.2, -0.15) is 0 Å². The molecule has 0 aromatic carbocycles. The van der Waals surface area contributed by atoms with Gasteiger partial charge in [-0.15, -0.1) is 0 Å². The van der Waals surface area contributed by atoms with E-state index in [1.54, 1.807) is 19.1 Å². The van der Waals surface area contributed by atoms with Gasteiger partial charge >= 0.3 is 0 Å². The predicted molar refractivity (Wildman–Crippen MR) is 85.8 cm³/mol. The second kappa shape index (κ2) is 7.76. The SMILES string of the molecule is CNC(=O)CC[C@@]1(OC)CCCN(C(=O)C2CCC(F)(F)CC2)C1. The number of nitrogens with one attached hydrogen (secondary N) is 1. The van der Waals surface area contributed by atoms with E-state index in [-0.39, 0.29) is 43.4 Å². The molecule has 1 saturated carbocycles. The summed E-state index contributed by atoms with van der Waals surface area (Å²) in [6.07, 6.45) is 2.59. The summed E-state index contributed by atoms with van der Waals surface area (Å²) in [6, 6.07) is 0. The minimum Gasteiger partial charge on any atom is -0.376 e. The maximum Gasteiger partial charge on any atom is 0.248 e. The zero-order chi connectivity index (χ0) is 17.8. The Bertz CT molecular complexity index is 463. The van der Waals surface area contributed by atoms with Gasteiger partial charge in [0.25, 0.3) is 0 Å². The molecule has 1 aliphatic carbocycles. The van der Waals surface area contributed by atoms with E-state index in [2.05, 4.69) is 5.32 Å². The first-order valence-electron chi connectivity index (χ1n) is 8.73. The highest BCUT2D eigenvalue weighted by Crippen LogP contribution is 2.38. The van der Waals surface area contributed by atoms with Crippen molar-refractivity contribution in [1.29, 1.82) is 0 Å². The number of ether oxygens (including phenoxy) is 1. The molecule has 0 unspecified atom stereocenters. The second-order valence-corrected chi connectivity index (χ2v) is 7.05. The average molecular weight is 346 g/mol. The number of rotatable bonds is 5. The van der Waals surface area contributed by atoms with Crippen LogP contribution >= 0.6 is 0 Å². The van der Waals surface area contributed by atoms with Crippen molar-refractivity contribution in [1.82, 2.24) is 10.2 Å². The summed E-state index contributed by atoms with van der Waals surface area (Å²) < 4.78 is 32.3. The van der Waals surface area contributed by atoms with Crippen LogP contribution in [0.25, 0.3) is 0 Å². The van der Waals surface area contributed by atoms with Crippen molar-refractivity contribution in [2.75, 3.05) is 27.2 Å². The van der Waals surface area contributed by atoms with Gasteiger partial charge in [-0.05, 0) is 32.1 Å². The minimum absolute atomic E-state index is 0.0356. The third kappa shape index (κ3) is 4.65. The molecular weight excluding hydrogens is 318 g/mol. The van der Waals surface area contributed by atoms with Gasteiger partial charge in [0.15, 0.2) is 0 Å². The van der Waals surface area contributed by atoms with E-state index in [4.69, 9.17) is 4.74 Å². The number of carbonyl (C=O) groups excluding carboxylic acids is 2. The van der Waals surface area contributed by atoms with Gasteiger partial charge in [0, 0.05) is 52.4 Å². The summed E-state index contributed by atoms with van der Waals surface area (Å²) in [4.78, 5) is 26.0. The van der Waals surface area contributed by atoms with Gasteiger partial charge in [0.05, 0.1) is 5.60 Å². The Hall–Kier alpha value is -1.24. The number of hydrogen-bond acceptors (Lipinski definition) is 3. The van der Waals surface area contributed by atoms with Gasteiger partial charge in [0.2, 0.25) is 17.7 Å². The van der Waals surface area contributed by atoms with E-state index >= 15 is 0 Å². The molecule has 5 nitrogen and oxygen atoms in total. The fourth-order valence-electron chi connectivity index (χ4n) is 3.77. The Morgan fingerprint density at radius 3 is 2.50 bits per heavy atom. The maximum absolute atomic E-state index is 13.3. The number of amides is 2. The van der Waals surface area contributed by atoms with Crippen molar-refractivity contribution in [2.45, 2.75) is 62.9 Å². The molecule has 0 aromatic heterocycles. The lowest BCUT2D eigenvalue weighted by atomic mass is 9.83. The molecule has 7 heteroatoms. The second-order valence-electron chi connectivity index (χ2n) is 7.05. The van der Waals surface area contributed by atoms with Gasteiger partial charge in [-0.25, -0.2) is 8.78 Å². The van der Waals surface area contributed by atoms with Gasteiger partial charge < -0.3 is 15.0 Å². The highest BCUT2D eigenvalue weighted by atomic mass is 19.3. The normalized spacial score (nSPS) is 27.8. The molecular formula is C17H28F2N2O3. The first-order chi connectivity index (χ1) is 11.3. The molecule has 1 atom stereocenters. The third-order valence-corrected chi connectivity index (χ3v) is 5.44. The van der Waals surface area contributed by atoms with Crippen LogP contribution in [-0.2, 0) is 14.3 Å². The lowest BCUT2D eigenvalue weighted by Crippen LogP contribution is -2.53. The van der Waals surface area contributed by atoms with Crippen LogP contribution in [0.2, 0.25) is 0 Å². The first kappa shape index (κ1) is 19.1. The fourth-order valence-corrected chi connectivity index (χ4v) is 3.77. The van der Waals surface area contributed by atoms with Crippen LogP contribution in [-0.4, -0.2) is 55.5 Å². The number of alkyl halides is 2. The van der Waals surface area contributed by atoms with Gasteiger partial charge in [0.1, 0.15) is 0 Å². The number of piperidine rings is 1. The number of halogens is 2. The van der Waals surface area contributed by atoms with Crippen LogP contribution in [0.15, 0.2) is 0 Å².